The number of rotatable bonds is 6. The first-order valence-electron chi connectivity index (χ1n) is 7.81. The topological polar surface area (TPSA) is 84.2 Å². The average Bonchev–Trinajstić information content (AvgIpc) is 2.64. The monoisotopic (exact) mass is 369 g/mol. The van der Waals surface area contributed by atoms with Crippen LogP contribution in [0, 0.1) is 10.1 Å². The van der Waals surface area contributed by atoms with Gasteiger partial charge in [-0.2, -0.15) is 0 Å². The molecular weight excluding hydrogens is 354 g/mol. The Balaban J connectivity index is 1.93. The molecule has 0 amide bonds. The maximum absolute atomic E-state index is 11.7. The summed E-state index contributed by atoms with van der Waals surface area (Å²) in [6.45, 7) is 0.485. The maximum atomic E-state index is 11.7. The van der Waals surface area contributed by atoms with Crippen LogP contribution in [-0.2, 0) is 6.54 Å². The molecule has 1 aromatic heterocycles. The number of halogens is 1. The number of hydrogen-bond acceptors (Lipinski definition) is 6. The van der Waals surface area contributed by atoms with Crippen LogP contribution < -0.4 is 10.2 Å². The third-order valence-corrected chi connectivity index (χ3v) is 3.97. The van der Waals surface area contributed by atoms with Crippen molar-refractivity contribution >= 4 is 34.6 Å². The van der Waals surface area contributed by atoms with Crippen molar-refractivity contribution < 1.29 is 4.92 Å². The van der Waals surface area contributed by atoms with Crippen LogP contribution in [0.25, 0.3) is 0 Å². The molecule has 0 bridgehead atoms. The van der Waals surface area contributed by atoms with Crippen LogP contribution in [0.15, 0.2) is 60.9 Å². The highest BCUT2D eigenvalue weighted by Crippen LogP contribution is 2.33. The second kappa shape index (κ2) is 7.79. The highest BCUT2D eigenvalue weighted by atomic mass is 35.5. The zero-order chi connectivity index (χ0) is 18.5. The van der Waals surface area contributed by atoms with E-state index in [4.69, 9.17) is 11.6 Å². The number of nitro groups is 1. The Kier molecular flexibility index (Phi) is 5.28. The predicted octanol–water partition coefficient (Wildman–Crippen LogP) is 4.42. The molecule has 0 saturated carbocycles. The molecule has 26 heavy (non-hydrogen) atoms. The van der Waals surface area contributed by atoms with Gasteiger partial charge in [0.25, 0.3) is 0 Å². The molecule has 0 radical (unpaired) electrons. The van der Waals surface area contributed by atoms with Crippen LogP contribution in [0.1, 0.15) is 5.56 Å². The minimum Gasteiger partial charge on any atom is -0.349 e. The first-order valence-corrected chi connectivity index (χ1v) is 8.19. The van der Waals surface area contributed by atoms with Crippen molar-refractivity contribution in [2.45, 2.75) is 6.54 Å². The zero-order valence-electron chi connectivity index (χ0n) is 14.0. The number of benzene rings is 2. The lowest BCUT2D eigenvalue weighted by molar-refractivity contribution is -0.383. The van der Waals surface area contributed by atoms with E-state index >= 15 is 0 Å². The Hall–Kier alpha value is -3.19. The third kappa shape index (κ3) is 4.07. The van der Waals surface area contributed by atoms with Crippen LogP contribution in [0.2, 0.25) is 5.02 Å². The first kappa shape index (κ1) is 17.6. The number of anilines is 3. The summed E-state index contributed by atoms with van der Waals surface area (Å²) in [6, 6.07) is 16.5. The van der Waals surface area contributed by atoms with Gasteiger partial charge in [-0.05, 0) is 29.8 Å². The van der Waals surface area contributed by atoms with E-state index in [2.05, 4.69) is 15.3 Å². The van der Waals surface area contributed by atoms with Crippen LogP contribution in [0.3, 0.4) is 0 Å². The highest BCUT2D eigenvalue weighted by Gasteiger charge is 2.25. The molecule has 0 unspecified atom stereocenters. The molecular formula is C18H16ClN5O2. The van der Waals surface area contributed by atoms with E-state index in [0.717, 1.165) is 5.56 Å². The molecule has 0 spiro atoms. The molecule has 2 aromatic carbocycles. The number of nitrogens with zero attached hydrogens (tertiary/aromatic N) is 4. The van der Waals surface area contributed by atoms with Crippen molar-refractivity contribution in [1.82, 2.24) is 9.97 Å². The van der Waals surface area contributed by atoms with Gasteiger partial charge in [0.2, 0.25) is 11.6 Å². The highest BCUT2D eigenvalue weighted by molar-refractivity contribution is 6.30. The predicted molar refractivity (Wildman–Crippen MR) is 102 cm³/mol. The molecule has 0 aliphatic rings. The Morgan fingerprint density at radius 2 is 1.81 bits per heavy atom. The van der Waals surface area contributed by atoms with E-state index in [0.29, 0.717) is 17.3 Å². The Labute approximate surface area is 155 Å². The van der Waals surface area contributed by atoms with E-state index < -0.39 is 4.92 Å². The van der Waals surface area contributed by atoms with E-state index in [1.54, 1.807) is 36.2 Å². The standard InChI is InChI=1S/C18H16ClN5O2/c1-23(11-13-5-3-2-4-6-13)18-16(24(25)26)17(20-12-21-18)22-15-9-7-14(19)8-10-15/h2-10,12H,11H2,1H3,(H,20,21,22). The Bertz CT molecular complexity index is 903. The Morgan fingerprint density at radius 1 is 1.12 bits per heavy atom. The van der Waals surface area contributed by atoms with Crippen LogP contribution >= 0.6 is 11.6 Å². The summed E-state index contributed by atoms with van der Waals surface area (Å²) in [6.07, 6.45) is 1.31. The summed E-state index contributed by atoms with van der Waals surface area (Å²) in [7, 11) is 1.76. The number of hydrogen-bond donors (Lipinski definition) is 1. The van der Waals surface area contributed by atoms with Crippen molar-refractivity contribution in [2.24, 2.45) is 0 Å². The molecule has 1 N–H and O–H groups in total. The lowest BCUT2D eigenvalue weighted by Crippen LogP contribution is -2.20. The van der Waals surface area contributed by atoms with Gasteiger partial charge < -0.3 is 10.2 Å². The molecule has 1 heterocycles. The maximum Gasteiger partial charge on any atom is 0.353 e. The van der Waals surface area contributed by atoms with Crippen molar-refractivity contribution in [1.29, 1.82) is 0 Å². The van der Waals surface area contributed by atoms with Crippen LogP contribution in [-0.4, -0.2) is 21.9 Å². The van der Waals surface area contributed by atoms with Crippen molar-refractivity contribution in [2.75, 3.05) is 17.3 Å². The van der Waals surface area contributed by atoms with Crippen molar-refractivity contribution in [3.05, 3.63) is 81.6 Å². The van der Waals surface area contributed by atoms with Gasteiger partial charge in [0, 0.05) is 24.3 Å². The SMILES string of the molecule is CN(Cc1ccccc1)c1ncnc(Nc2ccc(Cl)cc2)c1[N+](=O)[O-]. The molecule has 0 atom stereocenters. The molecule has 0 saturated heterocycles. The van der Waals surface area contributed by atoms with Gasteiger partial charge in [-0.15, -0.1) is 0 Å². The summed E-state index contributed by atoms with van der Waals surface area (Å²) in [5.41, 5.74) is 1.49. The second-order valence-electron chi connectivity index (χ2n) is 5.63. The van der Waals surface area contributed by atoms with Gasteiger partial charge in [0.05, 0.1) is 4.92 Å². The van der Waals surface area contributed by atoms with E-state index in [1.165, 1.54) is 6.33 Å². The first-order chi connectivity index (χ1) is 12.5. The largest absolute Gasteiger partial charge is 0.353 e. The molecule has 0 aliphatic heterocycles. The average molecular weight is 370 g/mol. The molecule has 7 nitrogen and oxygen atoms in total. The minimum atomic E-state index is -0.477. The van der Waals surface area contributed by atoms with Crippen molar-refractivity contribution in [3.8, 4) is 0 Å². The van der Waals surface area contributed by atoms with E-state index in [9.17, 15) is 10.1 Å². The molecule has 3 rings (SSSR count). The molecule has 132 valence electrons. The third-order valence-electron chi connectivity index (χ3n) is 3.72. The molecule has 0 fully saturated rings. The molecule has 8 heteroatoms. The second-order valence-corrected chi connectivity index (χ2v) is 6.06. The summed E-state index contributed by atoms with van der Waals surface area (Å²) in [5, 5.41) is 15.2. The molecule has 0 aliphatic carbocycles. The van der Waals surface area contributed by atoms with Gasteiger partial charge in [-0.25, -0.2) is 9.97 Å². The fourth-order valence-corrected chi connectivity index (χ4v) is 2.64. The molecule has 3 aromatic rings. The summed E-state index contributed by atoms with van der Waals surface area (Å²) < 4.78 is 0. The van der Waals surface area contributed by atoms with Gasteiger partial charge in [-0.1, -0.05) is 41.9 Å². The van der Waals surface area contributed by atoms with Crippen LogP contribution in [0.5, 0.6) is 0 Å². The minimum absolute atomic E-state index is 0.127. The van der Waals surface area contributed by atoms with Gasteiger partial charge in [-0.3, -0.25) is 10.1 Å². The number of nitrogens with one attached hydrogen (secondary N) is 1. The van der Waals surface area contributed by atoms with Gasteiger partial charge >= 0.3 is 5.69 Å². The van der Waals surface area contributed by atoms with E-state index in [1.807, 2.05) is 30.3 Å². The zero-order valence-corrected chi connectivity index (χ0v) is 14.7. The smallest absolute Gasteiger partial charge is 0.349 e. The van der Waals surface area contributed by atoms with Crippen molar-refractivity contribution in [3.63, 3.8) is 0 Å². The fourth-order valence-electron chi connectivity index (χ4n) is 2.51. The normalized spacial score (nSPS) is 10.4. The van der Waals surface area contributed by atoms with E-state index in [-0.39, 0.29) is 17.3 Å². The van der Waals surface area contributed by atoms with Gasteiger partial charge in [0.15, 0.2) is 0 Å². The summed E-state index contributed by atoms with van der Waals surface area (Å²) in [4.78, 5) is 21.1. The quantitative estimate of drug-likeness (QED) is 0.511. The van der Waals surface area contributed by atoms with Gasteiger partial charge in [0.1, 0.15) is 6.33 Å². The fraction of sp³-hybridized carbons (Fsp3) is 0.111. The lowest BCUT2D eigenvalue weighted by atomic mass is 10.2. The lowest BCUT2D eigenvalue weighted by Gasteiger charge is -2.19. The number of aromatic nitrogens is 2. The summed E-state index contributed by atoms with van der Waals surface area (Å²) in [5.74, 6) is 0.368. The Morgan fingerprint density at radius 3 is 2.46 bits per heavy atom. The summed E-state index contributed by atoms with van der Waals surface area (Å²) >= 11 is 5.87. The van der Waals surface area contributed by atoms with Crippen LogP contribution in [0.4, 0.5) is 23.0 Å².